The van der Waals surface area contributed by atoms with Gasteiger partial charge in [0.25, 0.3) is 0 Å². The number of nitrogens with zero attached hydrogens (tertiary/aromatic N) is 3. The van der Waals surface area contributed by atoms with Crippen molar-refractivity contribution < 1.29 is 12.8 Å². The second kappa shape index (κ2) is 9.04. The number of halogens is 1. The summed E-state index contributed by atoms with van der Waals surface area (Å²) in [6.45, 7) is 0. The molecule has 0 spiro atoms. The molecule has 0 aliphatic carbocycles. The predicted octanol–water partition coefficient (Wildman–Crippen LogP) is 4.29. The highest BCUT2D eigenvalue weighted by molar-refractivity contribution is 7.89. The molecule has 0 amide bonds. The van der Waals surface area contributed by atoms with Crippen molar-refractivity contribution in [2.24, 2.45) is 5.14 Å². The standard InChI is InChI=1S/C23H17FN6O2S/c24-21-14-27-23(29-19-5-2-6-20(12-19)33(26,31)32)30-22(21)28-18-4-1-3-17(11-18)16-9-7-15(13-25)8-10-16/h1-12,14H,(H2,26,31,32)(H2,27,28,29,30). The van der Waals surface area contributed by atoms with Crippen molar-refractivity contribution in [2.75, 3.05) is 10.6 Å². The highest BCUT2D eigenvalue weighted by atomic mass is 32.2. The maximum absolute atomic E-state index is 14.4. The molecule has 4 N–H and O–H groups in total. The molecule has 0 radical (unpaired) electrons. The largest absolute Gasteiger partial charge is 0.338 e. The highest BCUT2D eigenvalue weighted by Crippen LogP contribution is 2.26. The summed E-state index contributed by atoms with van der Waals surface area (Å²) >= 11 is 0. The Morgan fingerprint density at radius 1 is 0.909 bits per heavy atom. The zero-order valence-corrected chi connectivity index (χ0v) is 17.8. The normalized spacial score (nSPS) is 10.9. The van der Waals surface area contributed by atoms with Gasteiger partial charge in [0.15, 0.2) is 11.6 Å². The molecule has 1 heterocycles. The second-order valence-corrected chi connectivity index (χ2v) is 8.54. The maximum atomic E-state index is 14.4. The van der Waals surface area contributed by atoms with Crippen molar-refractivity contribution in [3.05, 3.63) is 90.4 Å². The fraction of sp³-hybridized carbons (Fsp3) is 0. The van der Waals surface area contributed by atoms with E-state index in [9.17, 15) is 12.8 Å². The van der Waals surface area contributed by atoms with Crippen LogP contribution in [0, 0.1) is 17.1 Å². The summed E-state index contributed by atoms with van der Waals surface area (Å²) in [5, 5.41) is 19.9. The Morgan fingerprint density at radius 3 is 2.30 bits per heavy atom. The number of hydrogen-bond acceptors (Lipinski definition) is 7. The fourth-order valence-electron chi connectivity index (χ4n) is 3.05. The summed E-state index contributed by atoms with van der Waals surface area (Å²) in [7, 11) is -3.87. The minimum Gasteiger partial charge on any atom is -0.338 e. The van der Waals surface area contributed by atoms with Crippen LogP contribution in [-0.4, -0.2) is 18.4 Å². The third-order valence-corrected chi connectivity index (χ3v) is 5.55. The van der Waals surface area contributed by atoms with E-state index in [0.717, 1.165) is 17.3 Å². The van der Waals surface area contributed by atoms with Crippen molar-refractivity contribution in [3.8, 4) is 17.2 Å². The smallest absolute Gasteiger partial charge is 0.238 e. The number of nitrogens with two attached hydrogens (primary N) is 1. The molecule has 8 nitrogen and oxygen atoms in total. The number of hydrogen-bond donors (Lipinski definition) is 3. The molecule has 1 aromatic heterocycles. The molecule has 3 aromatic carbocycles. The van der Waals surface area contributed by atoms with Crippen LogP contribution in [0.3, 0.4) is 0 Å². The molecule has 164 valence electrons. The Hall–Kier alpha value is -4.33. The van der Waals surface area contributed by atoms with Crippen molar-refractivity contribution in [1.82, 2.24) is 9.97 Å². The lowest BCUT2D eigenvalue weighted by Gasteiger charge is -2.11. The van der Waals surface area contributed by atoms with Crippen LogP contribution in [0.4, 0.5) is 27.5 Å². The molecule has 0 saturated heterocycles. The first-order chi connectivity index (χ1) is 15.8. The Labute approximate surface area is 189 Å². The van der Waals surface area contributed by atoms with Gasteiger partial charge in [-0.15, -0.1) is 0 Å². The van der Waals surface area contributed by atoms with Crippen molar-refractivity contribution in [2.45, 2.75) is 4.90 Å². The quantitative estimate of drug-likeness (QED) is 0.391. The summed E-state index contributed by atoms with van der Waals surface area (Å²) < 4.78 is 37.5. The van der Waals surface area contributed by atoms with E-state index in [2.05, 4.69) is 26.7 Å². The number of anilines is 4. The molecule has 10 heteroatoms. The van der Waals surface area contributed by atoms with Gasteiger partial charge in [0.2, 0.25) is 16.0 Å². The average molecular weight is 460 g/mol. The van der Waals surface area contributed by atoms with Gasteiger partial charge in [0.1, 0.15) is 0 Å². The van der Waals surface area contributed by atoms with Crippen LogP contribution in [0.2, 0.25) is 0 Å². The van der Waals surface area contributed by atoms with Crippen LogP contribution in [0.5, 0.6) is 0 Å². The first kappa shape index (κ1) is 21.9. The van der Waals surface area contributed by atoms with Gasteiger partial charge in [-0.3, -0.25) is 0 Å². The first-order valence-electron chi connectivity index (χ1n) is 9.62. The number of sulfonamides is 1. The van der Waals surface area contributed by atoms with Crippen LogP contribution in [0.15, 0.2) is 83.9 Å². The van der Waals surface area contributed by atoms with E-state index in [4.69, 9.17) is 10.4 Å². The number of nitrogens with one attached hydrogen (secondary N) is 2. The molecule has 0 bridgehead atoms. The van der Waals surface area contributed by atoms with Crippen LogP contribution < -0.4 is 15.8 Å². The third kappa shape index (κ3) is 5.30. The number of primary sulfonamides is 1. The Bertz CT molecular complexity index is 1470. The molecule has 33 heavy (non-hydrogen) atoms. The Kier molecular flexibility index (Phi) is 5.99. The van der Waals surface area contributed by atoms with Gasteiger partial charge in [0.05, 0.1) is 22.7 Å². The lowest BCUT2D eigenvalue weighted by molar-refractivity contribution is 0.598. The van der Waals surface area contributed by atoms with Crippen molar-refractivity contribution >= 4 is 33.2 Å². The first-order valence-corrected chi connectivity index (χ1v) is 11.2. The summed E-state index contributed by atoms with van der Waals surface area (Å²) in [6.07, 6.45) is 1.01. The summed E-state index contributed by atoms with van der Waals surface area (Å²) in [4.78, 5) is 7.98. The third-order valence-electron chi connectivity index (χ3n) is 4.64. The van der Waals surface area contributed by atoms with E-state index in [1.807, 2.05) is 30.3 Å². The van der Waals surface area contributed by atoms with E-state index >= 15 is 0 Å². The van der Waals surface area contributed by atoms with Gasteiger partial charge in [-0.2, -0.15) is 10.2 Å². The van der Waals surface area contributed by atoms with E-state index in [-0.39, 0.29) is 16.7 Å². The number of benzene rings is 3. The van der Waals surface area contributed by atoms with Crippen LogP contribution in [0.1, 0.15) is 5.56 Å². The van der Waals surface area contributed by atoms with Crippen LogP contribution in [-0.2, 0) is 10.0 Å². The summed E-state index contributed by atoms with van der Waals surface area (Å²) in [6, 6.07) is 22.3. The summed E-state index contributed by atoms with van der Waals surface area (Å²) in [5.41, 5.74) is 3.30. The average Bonchev–Trinajstić information content (AvgIpc) is 2.81. The van der Waals surface area contributed by atoms with E-state index in [0.29, 0.717) is 16.9 Å². The number of rotatable bonds is 6. The Morgan fingerprint density at radius 2 is 1.61 bits per heavy atom. The molecular formula is C23H17FN6O2S. The van der Waals surface area contributed by atoms with Gasteiger partial charge in [-0.1, -0.05) is 30.3 Å². The predicted molar refractivity (Wildman–Crippen MR) is 123 cm³/mol. The second-order valence-electron chi connectivity index (χ2n) is 6.98. The zero-order chi connectivity index (χ0) is 23.4. The van der Waals surface area contributed by atoms with Crippen molar-refractivity contribution in [3.63, 3.8) is 0 Å². The number of aromatic nitrogens is 2. The molecule has 0 aliphatic heterocycles. The number of nitriles is 1. The molecule has 0 fully saturated rings. The van der Waals surface area contributed by atoms with Crippen molar-refractivity contribution in [1.29, 1.82) is 5.26 Å². The highest BCUT2D eigenvalue weighted by Gasteiger charge is 2.11. The van der Waals surface area contributed by atoms with Crippen LogP contribution >= 0.6 is 0 Å². The fourth-order valence-corrected chi connectivity index (χ4v) is 3.60. The van der Waals surface area contributed by atoms with Gasteiger partial charge in [-0.25, -0.2) is 22.9 Å². The maximum Gasteiger partial charge on any atom is 0.238 e. The molecule has 4 rings (SSSR count). The molecule has 0 saturated carbocycles. The van der Waals surface area contributed by atoms with Crippen LogP contribution in [0.25, 0.3) is 11.1 Å². The lowest BCUT2D eigenvalue weighted by atomic mass is 10.0. The van der Waals surface area contributed by atoms with Gasteiger partial charge >= 0.3 is 0 Å². The molecule has 0 aliphatic rings. The lowest BCUT2D eigenvalue weighted by Crippen LogP contribution is -2.12. The monoisotopic (exact) mass is 460 g/mol. The molecular weight excluding hydrogens is 443 g/mol. The minimum atomic E-state index is -3.87. The van der Waals surface area contributed by atoms with Gasteiger partial charge < -0.3 is 10.6 Å². The molecule has 4 aromatic rings. The SMILES string of the molecule is N#Cc1ccc(-c2cccc(Nc3nc(Nc4cccc(S(N)(=O)=O)c4)ncc3F)c2)cc1. The van der Waals surface area contributed by atoms with E-state index < -0.39 is 15.8 Å². The summed E-state index contributed by atoms with van der Waals surface area (Å²) in [5.74, 6) is -0.664. The Balaban J connectivity index is 1.57. The van der Waals surface area contributed by atoms with Gasteiger partial charge in [-0.05, 0) is 53.6 Å². The zero-order valence-electron chi connectivity index (χ0n) is 17.0. The molecule has 0 atom stereocenters. The minimum absolute atomic E-state index is 0.0629. The van der Waals surface area contributed by atoms with E-state index in [1.54, 1.807) is 24.3 Å². The van der Waals surface area contributed by atoms with Gasteiger partial charge in [0, 0.05) is 11.4 Å². The topological polar surface area (TPSA) is 134 Å². The van der Waals surface area contributed by atoms with E-state index in [1.165, 1.54) is 18.2 Å². The molecule has 0 unspecified atom stereocenters.